The molecule has 0 radical (unpaired) electrons. The first-order valence-electron chi connectivity index (χ1n) is 6.98. The molecule has 0 aliphatic carbocycles. The van der Waals surface area contributed by atoms with E-state index in [0.29, 0.717) is 0 Å². The van der Waals surface area contributed by atoms with E-state index in [1.807, 2.05) is 5.32 Å². The van der Waals surface area contributed by atoms with Crippen molar-refractivity contribution in [2.45, 2.75) is 39.0 Å². The van der Waals surface area contributed by atoms with E-state index in [9.17, 15) is 19.7 Å². The minimum atomic E-state index is -1.01. The number of nitro groups is 1. The van der Waals surface area contributed by atoms with Gasteiger partial charge in [0.15, 0.2) is 6.10 Å². The maximum atomic E-state index is 11.7. The van der Waals surface area contributed by atoms with Crippen LogP contribution >= 0.6 is 11.6 Å². The Labute approximate surface area is 143 Å². The summed E-state index contributed by atoms with van der Waals surface area (Å²) in [6.45, 7) is 5.33. The molecule has 0 aliphatic rings. The van der Waals surface area contributed by atoms with Gasteiger partial charge in [-0.1, -0.05) is 4.98 Å². The van der Waals surface area contributed by atoms with Crippen molar-refractivity contribution in [3.63, 3.8) is 0 Å². The van der Waals surface area contributed by atoms with Gasteiger partial charge in [-0.15, -0.1) is 11.6 Å². The van der Waals surface area contributed by atoms with Crippen molar-refractivity contribution in [1.82, 2.24) is 14.9 Å². The highest BCUT2D eigenvalue weighted by atomic mass is 35.5. The van der Waals surface area contributed by atoms with Crippen molar-refractivity contribution in [2.24, 2.45) is 0 Å². The number of hydrogen-bond donors (Lipinski definition) is 1. The number of carbonyl (C=O) groups excluding carboxylic acids is 2. The van der Waals surface area contributed by atoms with Crippen molar-refractivity contribution in [3.05, 3.63) is 22.5 Å². The Hall–Kier alpha value is -2.20. The zero-order chi connectivity index (χ0) is 18.3. The zero-order valence-electron chi connectivity index (χ0n) is 13.5. The van der Waals surface area contributed by atoms with E-state index < -0.39 is 40.5 Å². The largest absolute Gasteiger partial charge is 0.440 e. The number of hydrogen-bond acceptors (Lipinski definition) is 7. The molecule has 1 N–H and O–H groups in total. The molecule has 1 aromatic heterocycles. The molecule has 134 valence electrons. The van der Waals surface area contributed by atoms with Gasteiger partial charge in [0.2, 0.25) is 5.91 Å². The van der Waals surface area contributed by atoms with Crippen LogP contribution in [0.4, 0.5) is 10.7 Å². The fourth-order valence-electron chi connectivity index (χ4n) is 1.63. The summed E-state index contributed by atoms with van der Waals surface area (Å²) in [5.74, 6) is -1.51. The molecule has 24 heavy (non-hydrogen) atoms. The summed E-state index contributed by atoms with van der Waals surface area (Å²) >= 11 is 5.29. The van der Waals surface area contributed by atoms with E-state index in [1.54, 1.807) is 20.8 Å². The number of imide groups is 1. The van der Waals surface area contributed by atoms with Crippen molar-refractivity contribution < 1.29 is 24.0 Å². The molecule has 0 bridgehead atoms. The van der Waals surface area contributed by atoms with E-state index in [1.165, 1.54) is 17.0 Å². The summed E-state index contributed by atoms with van der Waals surface area (Å²) in [6.07, 6.45) is 0.760. The Kier molecular flexibility index (Phi) is 7.11. The summed E-state index contributed by atoms with van der Waals surface area (Å²) in [6, 6.07) is 0. The van der Waals surface area contributed by atoms with Crippen molar-refractivity contribution in [1.29, 1.82) is 0 Å². The highest BCUT2D eigenvalue weighted by Gasteiger charge is 2.24. The summed E-state index contributed by atoms with van der Waals surface area (Å²) < 4.78 is 11.9. The number of aromatic nitrogens is 2. The smallest absolute Gasteiger partial charge is 0.434 e. The normalized spacial score (nSPS) is 12.5. The van der Waals surface area contributed by atoms with E-state index in [0.717, 1.165) is 0 Å². The fourth-order valence-corrected chi connectivity index (χ4v) is 1.70. The minimum absolute atomic E-state index is 0.0265. The SMILES string of the molecule is CC(C)(C)OC[C@@H](Cn1ccnc1[N+](=O)[O-])OC(=O)NC(=O)CCl. The van der Waals surface area contributed by atoms with Crippen LogP contribution in [0.1, 0.15) is 20.8 Å². The van der Waals surface area contributed by atoms with Gasteiger partial charge in [0, 0.05) is 0 Å². The number of nitrogens with one attached hydrogen (secondary N) is 1. The maximum Gasteiger partial charge on any atom is 0.434 e. The van der Waals surface area contributed by atoms with Crippen molar-refractivity contribution in [3.8, 4) is 0 Å². The third-order valence-electron chi connectivity index (χ3n) is 2.60. The topological polar surface area (TPSA) is 126 Å². The van der Waals surface area contributed by atoms with Crippen molar-refractivity contribution >= 4 is 29.5 Å². The summed E-state index contributed by atoms with van der Waals surface area (Å²) in [5, 5.41) is 12.8. The zero-order valence-corrected chi connectivity index (χ0v) is 14.3. The third kappa shape index (κ3) is 6.92. The number of halogens is 1. The van der Waals surface area contributed by atoms with Gasteiger partial charge in [-0.05, 0) is 25.7 Å². The van der Waals surface area contributed by atoms with Gasteiger partial charge in [0.25, 0.3) is 0 Å². The molecule has 0 saturated heterocycles. The first-order valence-corrected chi connectivity index (χ1v) is 7.51. The molecular formula is C13H19ClN4O6. The molecule has 1 rings (SSSR count). The summed E-state index contributed by atoms with van der Waals surface area (Å²) in [7, 11) is 0. The van der Waals surface area contributed by atoms with Gasteiger partial charge in [0.05, 0.1) is 12.2 Å². The molecule has 0 aromatic carbocycles. The van der Waals surface area contributed by atoms with Gasteiger partial charge in [0.1, 0.15) is 24.8 Å². The minimum Gasteiger partial charge on any atom is -0.440 e. The standard InChI is InChI=1S/C13H19ClN4O6/c1-13(2,3)23-8-9(24-12(20)16-10(19)6-14)7-17-5-4-15-11(17)18(21)22/h4-5,9H,6-8H2,1-3H3,(H,16,19,20)/t9-/m1/s1. The number of rotatable bonds is 7. The number of alkyl carbamates (subject to hydrolysis) is 1. The Bertz CT molecular complexity index is 598. The van der Waals surface area contributed by atoms with E-state index in [-0.39, 0.29) is 13.2 Å². The van der Waals surface area contributed by atoms with Crippen LogP contribution in [0.15, 0.2) is 12.4 Å². The van der Waals surface area contributed by atoms with Gasteiger partial charge in [-0.2, -0.15) is 0 Å². The summed E-state index contributed by atoms with van der Waals surface area (Å²) in [4.78, 5) is 36.6. The number of carbonyl (C=O) groups is 2. The monoisotopic (exact) mass is 362 g/mol. The predicted molar refractivity (Wildman–Crippen MR) is 83.7 cm³/mol. The molecular weight excluding hydrogens is 344 g/mol. The lowest BCUT2D eigenvalue weighted by Gasteiger charge is -2.24. The average Bonchev–Trinajstić information content (AvgIpc) is 2.92. The lowest BCUT2D eigenvalue weighted by molar-refractivity contribution is -0.397. The second kappa shape index (κ2) is 8.60. The van der Waals surface area contributed by atoms with Gasteiger partial charge >= 0.3 is 12.0 Å². The molecule has 2 amide bonds. The van der Waals surface area contributed by atoms with Crippen LogP contribution in [0.5, 0.6) is 0 Å². The Morgan fingerprint density at radius 2 is 2.17 bits per heavy atom. The van der Waals surface area contributed by atoms with Crippen LogP contribution in [0.3, 0.4) is 0 Å². The number of nitrogens with zero attached hydrogens (tertiary/aromatic N) is 3. The van der Waals surface area contributed by atoms with Crippen molar-refractivity contribution in [2.75, 3.05) is 12.5 Å². The second-order valence-corrected chi connectivity index (χ2v) is 6.04. The van der Waals surface area contributed by atoms with Gasteiger partial charge in [-0.3, -0.25) is 10.1 Å². The molecule has 1 atom stereocenters. The molecule has 0 fully saturated rings. The molecule has 0 unspecified atom stereocenters. The van der Waals surface area contributed by atoms with Crippen LogP contribution < -0.4 is 5.32 Å². The molecule has 1 heterocycles. The van der Waals surface area contributed by atoms with E-state index >= 15 is 0 Å². The van der Waals surface area contributed by atoms with Crippen LogP contribution in [-0.4, -0.2) is 50.7 Å². The lowest BCUT2D eigenvalue weighted by atomic mass is 10.2. The average molecular weight is 363 g/mol. The third-order valence-corrected chi connectivity index (χ3v) is 2.84. The number of ether oxygens (including phenoxy) is 2. The highest BCUT2D eigenvalue weighted by molar-refractivity contribution is 6.28. The number of imidazole rings is 1. The number of alkyl halides is 1. The molecule has 10 nitrogen and oxygen atoms in total. The Balaban J connectivity index is 2.80. The molecule has 1 aromatic rings. The van der Waals surface area contributed by atoms with Crippen LogP contribution in [0.2, 0.25) is 0 Å². The van der Waals surface area contributed by atoms with Crippen LogP contribution in [0, 0.1) is 10.1 Å². The van der Waals surface area contributed by atoms with Gasteiger partial charge < -0.3 is 19.6 Å². The quantitative estimate of drug-likeness (QED) is 0.442. The Morgan fingerprint density at radius 1 is 1.50 bits per heavy atom. The fraction of sp³-hybridized carbons (Fsp3) is 0.615. The van der Waals surface area contributed by atoms with Crippen LogP contribution in [0.25, 0.3) is 0 Å². The highest BCUT2D eigenvalue weighted by Crippen LogP contribution is 2.13. The number of amides is 2. The first-order chi connectivity index (χ1) is 11.1. The maximum absolute atomic E-state index is 11.7. The molecule has 11 heteroatoms. The second-order valence-electron chi connectivity index (χ2n) is 5.77. The molecule has 0 aliphatic heterocycles. The predicted octanol–water partition coefficient (Wildman–Crippen LogP) is 1.47. The van der Waals surface area contributed by atoms with E-state index in [2.05, 4.69) is 4.98 Å². The molecule has 0 saturated carbocycles. The Morgan fingerprint density at radius 3 is 2.71 bits per heavy atom. The van der Waals surface area contributed by atoms with E-state index in [4.69, 9.17) is 21.1 Å². The first kappa shape index (κ1) is 19.8. The molecule has 0 spiro atoms. The lowest BCUT2D eigenvalue weighted by Crippen LogP contribution is -2.38. The van der Waals surface area contributed by atoms with Crippen LogP contribution in [-0.2, 0) is 20.8 Å². The van der Waals surface area contributed by atoms with Gasteiger partial charge in [-0.25, -0.2) is 9.36 Å². The summed E-state index contributed by atoms with van der Waals surface area (Å²) in [5.41, 5.74) is -0.509.